The molecule has 0 radical (unpaired) electrons. The molecule has 0 fully saturated rings. The number of para-hydroxylation sites is 2. The lowest BCUT2D eigenvalue weighted by Crippen LogP contribution is -2.00. The molecule has 0 aliphatic carbocycles. The molecule has 0 N–H and O–H groups in total. The van der Waals surface area contributed by atoms with Gasteiger partial charge in [-0.1, -0.05) is 115 Å². The number of nitrogens with zero attached hydrogens (tertiary/aromatic N) is 3. The Kier molecular flexibility index (Phi) is 4.25. The summed E-state index contributed by atoms with van der Waals surface area (Å²) in [7, 11) is 0. The molecule has 0 amide bonds. The summed E-state index contributed by atoms with van der Waals surface area (Å²) in [5, 5.41) is 1.85. The van der Waals surface area contributed by atoms with Gasteiger partial charge in [-0.05, 0) is 29.8 Å². The molecule has 3 aromatic heterocycles. The van der Waals surface area contributed by atoms with E-state index in [1.165, 1.54) is 0 Å². The van der Waals surface area contributed by atoms with E-state index in [2.05, 4.69) is 0 Å². The monoisotopic (exact) mass is 571 g/mol. The fraction of sp³-hybridized carbons (Fsp3) is 0. The minimum absolute atomic E-state index is 0.00116. The molecule has 206 valence electrons. The number of hydrogen-bond acceptors (Lipinski definition) is 5. The highest BCUT2D eigenvalue weighted by atomic mass is 16.3. The number of benzene rings is 6. The Hall–Kier alpha value is -6.07. The third-order valence-corrected chi connectivity index (χ3v) is 7.66. The Morgan fingerprint density at radius 2 is 1.16 bits per heavy atom. The van der Waals surface area contributed by atoms with Gasteiger partial charge in [-0.3, -0.25) is 0 Å². The lowest BCUT2D eigenvalue weighted by molar-refractivity contribution is 0.669. The average Bonchev–Trinajstić information content (AvgIpc) is 3.74. The van der Waals surface area contributed by atoms with E-state index in [0.717, 1.165) is 10.8 Å². The molecule has 0 atom stereocenters. The zero-order valence-electron chi connectivity index (χ0n) is 29.0. The summed E-state index contributed by atoms with van der Waals surface area (Å²) in [5.41, 5.74) is 3.58. The molecule has 5 heteroatoms. The Morgan fingerprint density at radius 3 is 2.00 bits per heavy atom. The van der Waals surface area contributed by atoms with Crippen molar-refractivity contribution in [2.24, 2.45) is 0 Å². The van der Waals surface area contributed by atoms with Crippen molar-refractivity contribution in [2.75, 3.05) is 0 Å². The van der Waals surface area contributed by atoms with Crippen LogP contribution in [0.3, 0.4) is 0 Å². The maximum absolute atomic E-state index is 9.40. The molecule has 9 aromatic rings. The van der Waals surface area contributed by atoms with E-state index in [1.807, 2.05) is 78.9 Å². The smallest absolute Gasteiger partial charge is 0.164 e. The van der Waals surface area contributed by atoms with Crippen molar-refractivity contribution in [3.8, 4) is 45.3 Å². The average molecular weight is 572 g/mol. The second-order valence-corrected chi connectivity index (χ2v) is 10.3. The highest BCUT2D eigenvalue weighted by Gasteiger charge is 2.19. The van der Waals surface area contributed by atoms with Gasteiger partial charge in [-0.2, -0.15) is 0 Å². The fourth-order valence-corrected chi connectivity index (χ4v) is 5.62. The highest BCUT2D eigenvalue weighted by Crippen LogP contribution is 2.39. The number of rotatable bonds is 4. The third kappa shape index (κ3) is 3.91. The largest absolute Gasteiger partial charge is 0.456 e. The summed E-state index contributed by atoms with van der Waals surface area (Å²) in [5.74, 6) is 0.600. The van der Waals surface area contributed by atoms with Crippen LogP contribution in [0.25, 0.3) is 89.2 Å². The predicted molar refractivity (Wildman–Crippen MR) is 176 cm³/mol. The van der Waals surface area contributed by atoms with E-state index < -0.39 is 0 Å². The summed E-state index contributed by atoms with van der Waals surface area (Å²) in [6.45, 7) is 0. The SMILES string of the molecule is [2H]c1c([2H])c([2H])c2c(oc3c([2H])c(-c4nc(-c5ccccc5)nc(-c5cccc6oc7ccccc7c56)n4)c([2H])c([2H])c32)c1-c1ccccc1. The molecule has 3 heterocycles. The van der Waals surface area contributed by atoms with Crippen LogP contribution in [-0.4, -0.2) is 15.0 Å². The zero-order valence-corrected chi connectivity index (χ0v) is 23.0. The van der Waals surface area contributed by atoms with Crippen molar-refractivity contribution in [2.45, 2.75) is 0 Å². The third-order valence-electron chi connectivity index (χ3n) is 7.66. The first-order valence-corrected chi connectivity index (χ1v) is 14.1. The van der Waals surface area contributed by atoms with Gasteiger partial charge in [0.2, 0.25) is 0 Å². The van der Waals surface area contributed by atoms with Gasteiger partial charge in [-0.15, -0.1) is 0 Å². The minimum Gasteiger partial charge on any atom is -0.456 e. The van der Waals surface area contributed by atoms with Gasteiger partial charge in [0.25, 0.3) is 0 Å². The van der Waals surface area contributed by atoms with E-state index in [4.69, 9.17) is 27.9 Å². The second-order valence-electron chi connectivity index (χ2n) is 10.3. The van der Waals surface area contributed by atoms with Gasteiger partial charge in [0.05, 0.1) is 8.22 Å². The lowest BCUT2D eigenvalue weighted by Gasteiger charge is -2.09. The van der Waals surface area contributed by atoms with E-state index in [-0.39, 0.29) is 75.1 Å². The summed E-state index contributed by atoms with van der Waals surface area (Å²) in [6.07, 6.45) is 0. The molecule has 0 bridgehead atoms. The molecule has 0 aliphatic rings. The standard InChI is InChI=1S/C39H23N3O2/c1-3-11-24(12-4-1)27-16-9-17-29-28-22-21-26(23-34(28)44-36(27)29)38-40-37(25-13-5-2-6-14-25)41-39(42-38)31-18-10-20-33-35(31)30-15-7-8-19-32(30)43-33/h1-23H/i9D,16D,17D,21D,22D,23D. The maximum Gasteiger partial charge on any atom is 0.164 e. The Bertz CT molecular complexity index is 2840. The second kappa shape index (κ2) is 9.75. The molecule has 6 aromatic carbocycles. The Balaban J connectivity index is 1.36. The molecule has 0 saturated carbocycles. The van der Waals surface area contributed by atoms with Gasteiger partial charge in [0.15, 0.2) is 17.5 Å². The summed E-state index contributed by atoms with van der Waals surface area (Å²) >= 11 is 0. The first-order chi connectivity index (χ1) is 24.3. The molecule has 0 aliphatic heterocycles. The van der Waals surface area contributed by atoms with Gasteiger partial charge in [0.1, 0.15) is 22.3 Å². The van der Waals surface area contributed by atoms with E-state index >= 15 is 0 Å². The fourth-order valence-electron chi connectivity index (χ4n) is 5.62. The molecule has 9 rings (SSSR count). The van der Waals surface area contributed by atoms with Crippen molar-refractivity contribution < 1.29 is 17.1 Å². The van der Waals surface area contributed by atoms with Crippen molar-refractivity contribution in [3.63, 3.8) is 0 Å². The first-order valence-electron chi connectivity index (χ1n) is 17.1. The molecule has 0 unspecified atom stereocenters. The van der Waals surface area contributed by atoms with E-state index in [0.29, 0.717) is 39.5 Å². The first kappa shape index (κ1) is 19.2. The topological polar surface area (TPSA) is 65.0 Å². The molecule has 0 saturated heterocycles. The minimum atomic E-state index is -0.338. The summed E-state index contributed by atoms with van der Waals surface area (Å²) < 4.78 is 66.3. The van der Waals surface area contributed by atoms with Gasteiger partial charge >= 0.3 is 0 Å². The number of hydrogen-bond donors (Lipinski definition) is 0. The number of furan rings is 2. The molecule has 0 spiro atoms. The maximum atomic E-state index is 9.40. The van der Waals surface area contributed by atoms with Gasteiger partial charge < -0.3 is 8.83 Å². The van der Waals surface area contributed by atoms with E-state index in [1.54, 1.807) is 24.3 Å². The van der Waals surface area contributed by atoms with Crippen LogP contribution in [0.4, 0.5) is 0 Å². The molecular weight excluding hydrogens is 542 g/mol. The number of fused-ring (bicyclic) bond motifs is 6. The molecular formula is C39H23N3O2. The van der Waals surface area contributed by atoms with Crippen LogP contribution in [-0.2, 0) is 0 Å². The highest BCUT2D eigenvalue weighted by molar-refractivity contribution is 6.12. The quantitative estimate of drug-likeness (QED) is 0.210. The van der Waals surface area contributed by atoms with Crippen molar-refractivity contribution >= 4 is 43.9 Å². The normalized spacial score (nSPS) is 13.5. The predicted octanol–water partition coefficient (Wildman–Crippen LogP) is 10.3. The number of aromatic nitrogens is 3. The van der Waals surface area contributed by atoms with Crippen molar-refractivity contribution in [1.82, 2.24) is 15.0 Å². The van der Waals surface area contributed by atoms with Crippen LogP contribution in [0.15, 0.2) is 148 Å². The van der Waals surface area contributed by atoms with E-state index in [9.17, 15) is 4.11 Å². The Morgan fingerprint density at radius 1 is 0.455 bits per heavy atom. The molecule has 5 nitrogen and oxygen atoms in total. The zero-order chi connectivity index (χ0) is 34.3. The van der Waals surface area contributed by atoms with Crippen LogP contribution >= 0.6 is 0 Å². The summed E-state index contributed by atoms with van der Waals surface area (Å²) in [6, 6.07) is 29.8. The van der Waals surface area contributed by atoms with Crippen molar-refractivity contribution in [1.29, 1.82) is 0 Å². The lowest BCUT2D eigenvalue weighted by atomic mass is 10.0. The summed E-state index contributed by atoms with van der Waals surface area (Å²) in [4.78, 5) is 14.5. The van der Waals surface area contributed by atoms with Crippen LogP contribution in [0.2, 0.25) is 0 Å². The van der Waals surface area contributed by atoms with Crippen LogP contribution in [0.1, 0.15) is 8.22 Å². The van der Waals surface area contributed by atoms with Crippen molar-refractivity contribution in [3.05, 3.63) is 139 Å². The Labute approximate surface area is 260 Å². The van der Waals surface area contributed by atoms with Gasteiger partial charge in [-0.25, -0.2) is 15.0 Å². The van der Waals surface area contributed by atoms with Crippen LogP contribution in [0.5, 0.6) is 0 Å². The molecule has 44 heavy (non-hydrogen) atoms. The van der Waals surface area contributed by atoms with Gasteiger partial charge in [0, 0.05) is 43.8 Å². The van der Waals surface area contributed by atoms with Crippen LogP contribution in [0, 0.1) is 0 Å². The van der Waals surface area contributed by atoms with Crippen LogP contribution < -0.4 is 0 Å².